The number of nitrogens with one attached hydrogen (secondary N) is 3. The van der Waals surface area contributed by atoms with E-state index in [2.05, 4.69) is 15.8 Å². The Morgan fingerprint density at radius 2 is 1.90 bits per heavy atom. The first-order chi connectivity index (χ1) is 14.5. The minimum absolute atomic E-state index is 0.0169. The smallest absolute Gasteiger partial charge is 0.286 e. The predicted octanol–water partition coefficient (Wildman–Crippen LogP) is 3.33. The number of aryl methyl sites for hydroxylation is 1. The summed E-state index contributed by atoms with van der Waals surface area (Å²) in [5.74, 6) is -1.26. The molecule has 8 heteroatoms. The van der Waals surface area contributed by atoms with E-state index >= 15 is 0 Å². The van der Waals surface area contributed by atoms with E-state index in [1.165, 1.54) is 11.3 Å². The number of carbonyl (C=O) groups excluding carboxylic acids is 3. The van der Waals surface area contributed by atoms with Crippen LogP contribution >= 0.6 is 11.3 Å². The summed E-state index contributed by atoms with van der Waals surface area (Å²) in [6, 6.07) is 14.5. The van der Waals surface area contributed by atoms with Crippen LogP contribution in [0, 0.1) is 12.8 Å². The van der Waals surface area contributed by atoms with E-state index in [4.69, 9.17) is 0 Å². The van der Waals surface area contributed by atoms with Crippen LogP contribution in [-0.2, 0) is 9.59 Å². The predicted molar refractivity (Wildman–Crippen MR) is 115 cm³/mol. The Bertz CT molecular complexity index is 1030. The molecule has 3 N–H and O–H groups in total. The lowest BCUT2D eigenvalue weighted by atomic mass is 9.86. The molecule has 0 saturated carbocycles. The minimum atomic E-state index is -0.494. The van der Waals surface area contributed by atoms with Crippen LogP contribution in [0.25, 0.3) is 0 Å². The van der Waals surface area contributed by atoms with Gasteiger partial charge in [0.25, 0.3) is 5.91 Å². The van der Waals surface area contributed by atoms with Crippen molar-refractivity contribution in [2.24, 2.45) is 5.92 Å². The molecule has 3 heterocycles. The molecule has 1 aliphatic rings. The number of piperidine rings is 1. The van der Waals surface area contributed by atoms with Gasteiger partial charge in [-0.3, -0.25) is 25.2 Å². The molecule has 0 bridgehead atoms. The lowest BCUT2D eigenvalue weighted by molar-refractivity contribution is -0.129. The number of thiophene rings is 1. The topological polar surface area (TPSA) is 94.3 Å². The molecule has 3 aromatic rings. The second kappa shape index (κ2) is 8.54. The summed E-state index contributed by atoms with van der Waals surface area (Å²) in [4.78, 5) is 43.5. The molecule has 154 valence electrons. The maximum Gasteiger partial charge on any atom is 0.286 e. The third-order valence-corrected chi connectivity index (χ3v) is 6.17. The largest absolute Gasteiger partial charge is 0.357 e. The molecular formula is C22H22N4O3S. The van der Waals surface area contributed by atoms with Crippen molar-refractivity contribution < 1.29 is 14.4 Å². The second-order valence-corrected chi connectivity index (χ2v) is 8.21. The molecule has 1 fully saturated rings. The molecule has 2 unspecified atom stereocenters. The lowest BCUT2D eigenvalue weighted by Gasteiger charge is -2.40. The molecule has 2 atom stereocenters. The van der Waals surface area contributed by atoms with Gasteiger partial charge in [0.15, 0.2) is 0 Å². The van der Waals surface area contributed by atoms with Gasteiger partial charge in [0, 0.05) is 23.2 Å². The molecule has 1 saturated heterocycles. The zero-order valence-electron chi connectivity index (χ0n) is 16.4. The third-order valence-electron chi connectivity index (χ3n) is 5.22. The molecule has 0 spiro atoms. The molecule has 7 nitrogen and oxygen atoms in total. The second-order valence-electron chi connectivity index (χ2n) is 7.23. The Kier molecular flexibility index (Phi) is 5.67. The summed E-state index contributed by atoms with van der Waals surface area (Å²) in [5.41, 5.74) is 7.20. The molecule has 0 radical (unpaired) electrons. The Morgan fingerprint density at radius 3 is 2.57 bits per heavy atom. The molecule has 4 rings (SSSR count). The van der Waals surface area contributed by atoms with Crippen LogP contribution in [0.15, 0.2) is 60.1 Å². The zero-order valence-corrected chi connectivity index (χ0v) is 17.2. The highest BCUT2D eigenvalue weighted by Gasteiger charge is 2.42. The van der Waals surface area contributed by atoms with Gasteiger partial charge in [0.05, 0.1) is 12.0 Å². The summed E-state index contributed by atoms with van der Waals surface area (Å²) in [5, 5.41) is 1.93. The fourth-order valence-electron chi connectivity index (χ4n) is 3.71. The van der Waals surface area contributed by atoms with Crippen LogP contribution in [0.2, 0.25) is 0 Å². The van der Waals surface area contributed by atoms with Crippen molar-refractivity contribution in [3.05, 3.63) is 76.2 Å². The molecule has 3 amide bonds. The fraction of sp³-hybridized carbons (Fsp3) is 0.227. The zero-order chi connectivity index (χ0) is 21.1. The molecule has 1 aliphatic heterocycles. The van der Waals surface area contributed by atoms with Gasteiger partial charge in [-0.25, -0.2) is 0 Å². The van der Waals surface area contributed by atoms with E-state index < -0.39 is 17.9 Å². The van der Waals surface area contributed by atoms with Crippen LogP contribution in [-0.4, -0.2) is 22.7 Å². The van der Waals surface area contributed by atoms with Crippen molar-refractivity contribution in [1.82, 2.24) is 15.8 Å². The van der Waals surface area contributed by atoms with Crippen molar-refractivity contribution in [2.75, 3.05) is 4.90 Å². The van der Waals surface area contributed by atoms with Crippen molar-refractivity contribution in [1.29, 1.82) is 0 Å². The van der Waals surface area contributed by atoms with Crippen LogP contribution in [0.4, 0.5) is 5.69 Å². The van der Waals surface area contributed by atoms with Gasteiger partial charge < -0.3 is 9.88 Å². The van der Waals surface area contributed by atoms with E-state index in [1.54, 1.807) is 23.2 Å². The summed E-state index contributed by atoms with van der Waals surface area (Å²) in [6.45, 7) is 1.99. The first kappa shape index (κ1) is 19.9. The van der Waals surface area contributed by atoms with Crippen LogP contribution in [0.5, 0.6) is 0 Å². The van der Waals surface area contributed by atoms with Gasteiger partial charge in [-0.2, -0.15) is 0 Å². The van der Waals surface area contributed by atoms with E-state index in [1.807, 2.05) is 48.7 Å². The summed E-state index contributed by atoms with van der Waals surface area (Å²) >= 11 is 1.51. The summed E-state index contributed by atoms with van der Waals surface area (Å²) in [6.07, 6.45) is 2.31. The normalized spacial score (nSPS) is 18.8. The fourth-order valence-corrected chi connectivity index (χ4v) is 4.59. The van der Waals surface area contributed by atoms with Gasteiger partial charge in [-0.15, -0.1) is 11.3 Å². The van der Waals surface area contributed by atoms with E-state index in [-0.39, 0.29) is 18.2 Å². The number of benzene rings is 1. The number of aromatic nitrogens is 1. The average molecular weight is 423 g/mol. The first-order valence-corrected chi connectivity index (χ1v) is 10.6. The maximum absolute atomic E-state index is 13.0. The Labute approximate surface area is 178 Å². The van der Waals surface area contributed by atoms with Gasteiger partial charge in [-0.1, -0.05) is 23.8 Å². The third kappa shape index (κ3) is 3.99. The van der Waals surface area contributed by atoms with Crippen LogP contribution in [0.1, 0.15) is 39.8 Å². The number of aromatic amines is 1. The SMILES string of the molecule is Cc1ccc(N2C(=O)CCC(C(=O)NNC(=O)c3ccc[nH]3)C2c2cccs2)cc1. The van der Waals surface area contributed by atoms with Crippen LogP contribution in [0.3, 0.4) is 0 Å². The van der Waals surface area contributed by atoms with Gasteiger partial charge in [-0.05, 0) is 49.1 Å². The number of nitrogens with zero attached hydrogens (tertiary/aromatic N) is 1. The quantitative estimate of drug-likeness (QED) is 0.563. The van der Waals surface area contributed by atoms with E-state index in [9.17, 15) is 14.4 Å². The number of rotatable bonds is 4. The maximum atomic E-state index is 13.0. The summed E-state index contributed by atoms with van der Waals surface area (Å²) in [7, 11) is 0. The van der Waals surface area contributed by atoms with Crippen molar-refractivity contribution in [3.8, 4) is 0 Å². The van der Waals surface area contributed by atoms with E-state index in [0.717, 1.165) is 16.1 Å². The Morgan fingerprint density at radius 1 is 1.10 bits per heavy atom. The first-order valence-electron chi connectivity index (χ1n) is 9.70. The minimum Gasteiger partial charge on any atom is -0.357 e. The van der Waals surface area contributed by atoms with Gasteiger partial charge in [0.2, 0.25) is 11.8 Å². The van der Waals surface area contributed by atoms with Crippen molar-refractivity contribution >= 4 is 34.7 Å². The molecule has 30 heavy (non-hydrogen) atoms. The van der Waals surface area contributed by atoms with Crippen molar-refractivity contribution in [2.45, 2.75) is 25.8 Å². The highest BCUT2D eigenvalue weighted by Crippen LogP contribution is 2.41. The number of hydrogen-bond donors (Lipinski definition) is 3. The van der Waals surface area contributed by atoms with Crippen molar-refractivity contribution in [3.63, 3.8) is 0 Å². The highest BCUT2D eigenvalue weighted by molar-refractivity contribution is 7.10. The Hall–Kier alpha value is -3.39. The summed E-state index contributed by atoms with van der Waals surface area (Å²) < 4.78 is 0. The van der Waals surface area contributed by atoms with Crippen LogP contribution < -0.4 is 15.8 Å². The van der Waals surface area contributed by atoms with E-state index in [0.29, 0.717) is 12.1 Å². The molecular weight excluding hydrogens is 400 g/mol. The number of carbonyl (C=O) groups is 3. The number of anilines is 1. The molecule has 2 aromatic heterocycles. The van der Waals surface area contributed by atoms with Gasteiger partial charge >= 0.3 is 0 Å². The number of amides is 3. The lowest BCUT2D eigenvalue weighted by Crippen LogP contribution is -2.51. The molecule has 0 aliphatic carbocycles. The standard InChI is InChI=1S/C22H22N4O3S/c1-14-6-8-15(9-7-14)26-19(27)11-10-16(20(26)18-5-3-13-30-18)21(28)24-25-22(29)17-4-2-12-23-17/h2-9,12-13,16,20,23H,10-11H2,1H3,(H,24,28)(H,25,29). The number of hydrogen-bond acceptors (Lipinski definition) is 4. The number of H-pyrrole nitrogens is 1. The number of hydrazine groups is 1. The monoisotopic (exact) mass is 422 g/mol. The highest BCUT2D eigenvalue weighted by atomic mass is 32.1. The molecule has 1 aromatic carbocycles. The van der Waals surface area contributed by atoms with Gasteiger partial charge in [0.1, 0.15) is 5.69 Å². The average Bonchev–Trinajstić information content (AvgIpc) is 3.46. The Balaban J connectivity index is 1.59.